The first kappa shape index (κ1) is 11.0. The van der Waals surface area contributed by atoms with Gasteiger partial charge in [-0.25, -0.2) is 0 Å². The lowest BCUT2D eigenvalue weighted by molar-refractivity contribution is 0.0963. The van der Waals surface area contributed by atoms with Crippen LogP contribution in [0.25, 0.3) is 0 Å². The van der Waals surface area contributed by atoms with Gasteiger partial charge in [-0.1, -0.05) is 30.3 Å². The van der Waals surface area contributed by atoms with Crippen LogP contribution in [0.5, 0.6) is 0 Å². The van der Waals surface area contributed by atoms with Crippen LogP contribution >= 0.6 is 0 Å². The van der Waals surface area contributed by atoms with Crippen molar-refractivity contribution in [1.82, 2.24) is 4.98 Å². The van der Waals surface area contributed by atoms with Crippen LogP contribution in [-0.2, 0) is 6.42 Å². The third-order valence-corrected chi connectivity index (χ3v) is 3.45. The second-order valence-corrected chi connectivity index (χ2v) is 4.65. The highest BCUT2D eigenvalue weighted by atomic mass is 16.1. The van der Waals surface area contributed by atoms with E-state index in [9.17, 15) is 9.59 Å². The first-order valence-electron chi connectivity index (χ1n) is 6.04. The number of benzene rings is 1. The van der Waals surface area contributed by atoms with Gasteiger partial charge in [0.15, 0.2) is 5.78 Å². The highest BCUT2D eigenvalue weighted by Crippen LogP contribution is 2.30. The van der Waals surface area contributed by atoms with E-state index in [4.69, 9.17) is 0 Å². The van der Waals surface area contributed by atoms with Crippen LogP contribution in [0, 0.1) is 0 Å². The summed E-state index contributed by atoms with van der Waals surface area (Å²) in [6.07, 6.45) is 1.24. The van der Waals surface area contributed by atoms with Gasteiger partial charge in [-0.05, 0) is 24.0 Å². The smallest absolute Gasteiger partial charge is 0.248 e. The summed E-state index contributed by atoms with van der Waals surface area (Å²) in [5.74, 6) is 0.283. The van der Waals surface area contributed by atoms with Gasteiger partial charge in [0.1, 0.15) is 0 Å². The summed E-state index contributed by atoms with van der Waals surface area (Å²) >= 11 is 0. The molecule has 1 aromatic carbocycles. The lowest BCUT2D eigenvalue weighted by Gasteiger charge is -2.23. The lowest BCUT2D eigenvalue weighted by Crippen LogP contribution is -2.23. The third kappa shape index (κ3) is 1.88. The summed E-state index contributed by atoms with van der Waals surface area (Å²) in [7, 11) is 0. The van der Waals surface area contributed by atoms with Crippen molar-refractivity contribution in [3.63, 3.8) is 0 Å². The molecule has 1 aliphatic carbocycles. The van der Waals surface area contributed by atoms with Crippen LogP contribution in [0.15, 0.2) is 47.3 Å². The number of rotatable bonds is 1. The number of Topliss-reactive ketones (excluding diaryl/α,β-unsaturated/α-hetero) is 1. The topological polar surface area (TPSA) is 49.9 Å². The first-order chi connectivity index (χ1) is 8.74. The Labute approximate surface area is 104 Å². The van der Waals surface area contributed by atoms with Crippen molar-refractivity contribution >= 4 is 5.78 Å². The van der Waals surface area contributed by atoms with Gasteiger partial charge in [-0.3, -0.25) is 9.59 Å². The van der Waals surface area contributed by atoms with Crippen molar-refractivity contribution in [2.45, 2.75) is 18.8 Å². The zero-order valence-electron chi connectivity index (χ0n) is 9.85. The molecule has 3 nitrogen and oxygen atoms in total. The third-order valence-electron chi connectivity index (χ3n) is 3.45. The van der Waals surface area contributed by atoms with Crippen LogP contribution in [-0.4, -0.2) is 10.8 Å². The van der Waals surface area contributed by atoms with E-state index in [-0.39, 0.29) is 17.3 Å². The van der Waals surface area contributed by atoms with Crippen molar-refractivity contribution in [2.24, 2.45) is 0 Å². The molecule has 0 saturated heterocycles. The highest BCUT2D eigenvalue weighted by Gasteiger charge is 2.26. The molecule has 0 saturated carbocycles. The van der Waals surface area contributed by atoms with Crippen molar-refractivity contribution < 1.29 is 4.79 Å². The molecule has 0 unspecified atom stereocenters. The Morgan fingerprint density at radius 1 is 0.944 bits per heavy atom. The van der Waals surface area contributed by atoms with Crippen LogP contribution < -0.4 is 5.56 Å². The molecular formula is C15H13NO2. The first-order valence-corrected chi connectivity index (χ1v) is 6.04. The molecule has 1 aliphatic rings. The van der Waals surface area contributed by atoms with Crippen LogP contribution in [0.2, 0.25) is 0 Å². The molecule has 2 aromatic rings. The summed E-state index contributed by atoms with van der Waals surface area (Å²) in [6, 6.07) is 13.0. The van der Waals surface area contributed by atoms with Crippen molar-refractivity contribution in [3.8, 4) is 0 Å². The van der Waals surface area contributed by atoms with Crippen LogP contribution in [0.3, 0.4) is 0 Å². The van der Waals surface area contributed by atoms with Gasteiger partial charge >= 0.3 is 0 Å². The SMILES string of the molecule is O=C1C[C@H](c2ccccc2)Cc2[nH]c(=O)ccc21. The lowest BCUT2D eigenvalue weighted by atomic mass is 9.82. The van der Waals surface area contributed by atoms with E-state index >= 15 is 0 Å². The molecule has 1 N–H and O–H groups in total. The normalized spacial score (nSPS) is 18.4. The molecule has 90 valence electrons. The molecular weight excluding hydrogens is 226 g/mol. The number of aromatic nitrogens is 1. The maximum atomic E-state index is 12.1. The van der Waals surface area contributed by atoms with Gasteiger partial charge in [0.2, 0.25) is 5.56 Å². The van der Waals surface area contributed by atoms with Gasteiger partial charge in [0.05, 0.1) is 0 Å². The highest BCUT2D eigenvalue weighted by molar-refractivity contribution is 5.98. The molecule has 0 fully saturated rings. The quantitative estimate of drug-likeness (QED) is 0.830. The number of fused-ring (bicyclic) bond motifs is 1. The van der Waals surface area contributed by atoms with Crippen LogP contribution in [0.4, 0.5) is 0 Å². The minimum absolute atomic E-state index is 0.112. The molecule has 3 heteroatoms. The predicted molar refractivity (Wildman–Crippen MR) is 68.9 cm³/mol. The summed E-state index contributed by atoms with van der Waals surface area (Å²) in [5, 5.41) is 0. The number of H-pyrrole nitrogens is 1. The second kappa shape index (κ2) is 4.26. The molecule has 3 rings (SSSR count). The Morgan fingerprint density at radius 3 is 2.50 bits per heavy atom. The second-order valence-electron chi connectivity index (χ2n) is 4.65. The Kier molecular flexibility index (Phi) is 2.59. The monoisotopic (exact) mass is 239 g/mol. The van der Waals surface area contributed by atoms with E-state index in [0.29, 0.717) is 12.0 Å². The Bertz CT molecular complexity index is 643. The summed E-state index contributed by atoms with van der Waals surface area (Å²) in [4.78, 5) is 26.2. The van der Waals surface area contributed by atoms with E-state index in [1.54, 1.807) is 6.07 Å². The summed E-state index contributed by atoms with van der Waals surface area (Å²) in [5.41, 5.74) is 2.45. The molecule has 0 spiro atoms. The molecule has 18 heavy (non-hydrogen) atoms. The van der Waals surface area contributed by atoms with Crippen molar-refractivity contribution in [2.75, 3.05) is 0 Å². The zero-order chi connectivity index (χ0) is 12.5. The molecule has 1 atom stereocenters. The van der Waals surface area contributed by atoms with E-state index in [0.717, 1.165) is 17.7 Å². The minimum Gasteiger partial charge on any atom is -0.325 e. The Morgan fingerprint density at radius 2 is 1.72 bits per heavy atom. The number of nitrogens with one attached hydrogen (secondary N) is 1. The molecule has 0 bridgehead atoms. The summed E-state index contributed by atoms with van der Waals surface area (Å²) in [6.45, 7) is 0. The van der Waals surface area contributed by atoms with Crippen molar-refractivity contribution in [3.05, 3.63) is 69.6 Å². The number of pyridine rings is 1. The maximum absolute atomic E-state index is 12.1. The summed E-state index contributed by atoms with van der Waals surface area (Å²) < 4.78 is 0. The molecule has 0 amide bonds. The molecule has 0 radical (unpaired) electrons. The molecule has 1 aromatic heterocycles. The van der Waals surface area contributed by atoms with Gasteiger partial charge in [0, 0.05) is 23.7 Å². The van der Waals surface area contributed by atoms with Gasteiger partial charge in [-0.15, -0.1) is 0 Å². The van der Waals surface area contributed by atoms with Gasteiger partial charge in [-0.2, -0.15) is 0 Å². The van der Waals surface area contributed by atoms with E-state index in [1.807, 2.05) is 30.3 Å². The Balaban J connectivity index is 2.01. The standard InChI is InChI=1S/C15H13NO2/c17-14-9-11(10-4-2-1-3-5-10)8-13-12(14)6-7-15(18)16-13/h1-7,11H,8-9H2,(H,16,18)/t11-/m1/s1. The number of ketones is 1. The number of hydrogen-bond acceptors (Lipinski definition) is 2. The Hall–Kier alpha value is -2.16. The zero-order valence-corrected chi connectivity index (χ0v) is 9.85. The fraction of sp³-hybridized carbons (Fsp3) is 0.200. The largest absolute Gasteiger partial charge is 0.325 e. The fourth-order valence-corrected chi connectivity index (χ4v) is 2.55. The van der Waals surface area contributed by atoms with Gasteiger partial charge in [0.25, 0.3) is 0 Å². The van der Waals surface area contributed by atoms with Crippen molar-refractivity contribution in [1.29, 1.82) is 0 Å². The van der Waals surface area contributed by atoms with E-state index < -0.39 is 0 Å². The fourth-order valence-electron chi connectivity index (χ4n) is 2.55. The molecule has 1 heterocycles. The maximum Gasteiger partial charge on any atom is 0.248 e. The average Bonchev–Trinajstić information content (AvgIpc) is 2.39. The minimum atomic E-state index is -0.143. The number of carbonyl (C=O) groups is 1. The number of carbonyl (C=O) groups excluding carboxylic acids is 1. The number of aromatic amines is 1. The van der Waals surface area contributed by atoms with Crippen LogP contribution in [0.1, 0.15) is 34.0 Å². The number of hydrogen-bond donors (Lipinski definition) is 1. The molecule has 0 aliphatic heterocycles. The average molecular weight is 239 g/mol. The predicted octanol–water partition coefficient (Wildman–Crippen LogP) is 2.29. The van der Waals surface area contributed by atoms with Gasteiger partial charge < -0.3 is 4.98 Å². The van der Waals surface area contributed by atoms with E-state index in [1.165, 1.54) is 6.07 Å². The van der Waals surface area contributed by atoms with E-state index in [2.05, 4.69) is 4.98 Å².